The van der Waals surface area contributed by atoms with Gasteiger partial charge in [0.1, 0.15) is 11.7 Å². The summed E-state index contributed by atoms with van der Waals surface area (Å²) in [6, 6.07) is -0.712. The second kappa shape index (κ2) is 10.4. The molecule has 0 spiro atoms. The monoisotopic (exact) mass is 377 g/mol. The van der Waals surface area contributed by atoms with Crippen LogP contribution in [0.4, 0.5) is 4.79 Å². The van der Waals surface area contributed by atoms with Crippen LogP contribution in [0.5, 0.6) is 0 Å². The molecule has 9 nitrogen and oxygen atoms in total. The van der Waals surface area contributed by atoms with Crippen LogP contribution < -0.4 is 16.4 Å². The quantitative estimate of drug-likeness (QED) is 0.384. The first-order chi connectivity index (χ1) is 12.1. The Morgan fingerprint density at radius 2 is 2.08 bits per heavy atom. The molecule has 0 unspecified atom stereocenters. The lowest BCUT2D eigenvalue weighted by molar-refractivity contribution is -0.257. The summed E-state index contributed by atoms with van der Waals surface area (Å²) in [5, 5.41) is 25.6. The number of amides is 1. The van der Waals surface area contributed by atoms with Gasteiger partial charge >= 0.3 is 6.09 Å². The summed E-state index contributed by atoms with van der Waals surface area (Å²) in [5.41, 5.74) is 5.50. The highest BCUT2D eigenvalue weighted by atomic mass is 16.7. The zero-order valence-electron chi connectivity index (χ0n) is 16.4. The van der Waals surface area contributed by atoms with Crippen molar-refractivity contribution in [2.75, 3.05) is 26.8 Å². The molecule has 9 heteroatoms. The molecule has 0 aromatic rings. The number of alkyl carbamates (subject to hydrolysis) is 1. The van der Waals surface area contributed by atoms with Crippen LogP contribution in [0.3, 0.4) is 0 Å². The second-order valence-corrected chi connectivity index (χ2v) is 7.72. The van der Waals surface area contributed by atoms with Crippen LogP contribution in [0.2, 0.25) is 0 Å². The molecule has 0 aromatic heterocycles. The number of hydrogen-bond acceptors (Lipinski definition) is 8. The van der Waals surface area contributed by atoms with E-state index in [0.29, 0.717) is 13.0 Å². The zero-order valence-corrected chi connectivity index (χ0v) is 16.4. The van der Waals surface area contributed by atoms with Crippen LogP contribution in [-0.2, 0) is 14.2 Å². The summed E-state index contributed by atoms with van der Waals surface area (Å²) in [4.78, 5) is 11.6. The number of aliphatic hydroxyl groups excluding tert-OH is 2. The van der Waals surface area contributed by atoms with E-state index in [0.717, 1.165) is 0 Å². The number of likely N-dealkylation sites (N-methyl/N-ethyl adjacent to an activating group) is 1. The normalized spacial score (nSPS) is 29.1. The van der Waals surface area contributed by atoms with E-state index < -0.39 is 36.2 Å². The fourth-order valence-electron chi connectivity index (χ4n) is 2.82. The van der Waals surface area contributed by atoms with Crippen molar-refractivity contribution in [3.8, 4) is 0 Å². The minimum absolute atomic E-state index is 0.133. The fraction of sp³-hybridized carbons (Fsp3) is 0.941. The number of hydrogen-bond donors (Lipinski definition) is 5. The molecule has 1 amide bonds. The van der Waals surface area contributed by atoms with Crippen molar-refractivity contribution in [1.82, 2.24) is 10.6 Å². The molecule has 6 atom stereocenters. The molecule has 1 heterocycles. The van der Waals surface area contributed by atoms with Gasteiger partial charge in [-0.1, -0.05) is 6.92 Å². The SMILES string of the molecule is CN[C@@H]1[C@@H](O)[C@@H](O[C@H](CO)[C@H](N)CCNC(=O)OC(C)(C)C)OC[C@H]1C. The van der Waals surface area contributed by atoms with Gasteiger partial charge in [-0.2, -0.15) is 0 Å². The molecule has 1 rings (SSSR count). The molecule has 0 radical (unpaired) electrons. The first-order valence-electron chi connectivity index (χ1n) is 9.04. The lowest BCUT2D eigenvalue weighted by Crippen LogP contribution is -2.57. The number of carbonyl (C=O) groups excluding carboxylic acids is 1. The maximum atomic E-state index is 11.6. The van der Waals surface area contributed by atoms with Crippen LogP contribution in [0.1, 0.15) is 34.1 Å². The third kappa shape index (κ3) is 7.34. The van der Waals surface area contributed by atoms with Crippen LogP contribution in [0.25, 0.3) is 0 Å². The van der Waals surface area contributed by atoms with E-state index in [1.807, 2.05) is 6.92 Å². The average molecular weight is 377 g/mol. The standard InChI is InChI=1S/C17H35N3O6/c1-10-9-24-15(14(22)13(10)19-5)25-12(8-21)11(18)6-7-20-16(23)26-17(2,3)4/h10-15,19,21-22H,6-9,18H2,1-5H3,(H,20,23)/t10-,11-,12-,13+,14-,15-/m1/s1. The molecule has 1 saturated heterocycles. The van der Waals surface area contributed by atoms with Crippen molar-refractivity contribution in [3.63, 3.8) is 0 Å². The summed E-state index contributed by atoms with van der Waals surface area (Å²) in [6.45, 7) is 7.70. The summed E-state index contributed by atoms with van der Waals surface area (Å²) in [5.74, 6) is 0.133. The summed E-state index contributed by atoms with van der Waals surface area (Å²) >= 11 is 0. The first-order valence-corrected chi connectivity index (χ1v) is 9.04. The average Bonchev–Trinajstić information content (AvgIpc) is 2.53. The van der Waals surface area contributed by atoms with Crippen molar-refractivity contribution in [1.29, 1.82) is 0 Å². The van der Waals surface area contributed by atoms with Gasteiger partial charge in [0.05, 0.1) is 19.3 Å². The van der Waals surface area contributed by atoms with Gasteiger partial charge in [-0.05, 0) is 40.2 Å². The Kier molecular flexibility index (Phi) is 9.22. The molecule has 1 fully saturated rings. The van der Waals surface area contributed by atoms with Crippen LogP contribution in [0.15, 0.2) is 0 Å². The van der Waals surface area contributed by atoms with E-state index in [1.165, 1.54) is 0 Å². The molecule has 6 N–H and O–H groups in total. The van der Waals surface area contributed by atoms with E-state index >= 15 is 0 Å². The molecule has 154 valence electrons. The van der Waals surface area contributed by atoms with Crippen molar-refractivity contribution in [3.05, 3.63) is 0 Å². The van der Waals surface area contributed by atoms with E-state index in [2.05, 4.69) is 10.6 Å². The van der Waals surface area contributed by atoms with Crippen molar-refractivity contribution in [2.24, 2.45) is 11.7 Å². The van der Waals surface area contributed by atoms with E-state index in [4.69, 9.17) is 19.9 Å². The Balaban J connectivity index is 2.46. The lowest BCUT2D eigenvalue weighted by Gasteiger charge is -2.40. The topological polar surface area (TPSA) is 135 Å². The molecular weight excluding hydrogens is 342 g/mol. The van der Waals surface area contributed by atoms with E-state index in [9.17, 15) is 15.0 Å². The Morgan fingerprint density at radius 1 is 1.42 bits per heavy atom. The molecule has 0 aliphatic carbocycles. The van der Waals surface area contributed by atoms with Gasteiger partial charge in [-0.3, -0.25) is 0 Å². The zero-order chi connectivity index (χ0) is 19.9. The number of rotatable bonds is 8. The summed E-state index contributed by atoms with van der Waals surface area (Å²) in [7, 11) is 1.77. The van der Waals surface area contributed by atoms with Crippen molar-refractivity contribution in [2.45, 2.75) is 70.3 Å². The van der Waals surface area contributed by atoms with Gasteiger partial charge in [0, 0.05) is 18.6 Å². The van der Waals surface area contributed by atoms with Gasteiger partial charge < -0.3 is 40.8 Å². The van der Waals surface area contributed by atoms with Crippen molar-refractivity contribution >= 4 is 6.09 Å². The van der Waals surface area contributed by atoms with Gasteiger partial charge in [0.2, 0.25) is 0 Å². The first kappa shape index (κ1) is 23.1. The Labute approximate surface area is 155 Å². The number of nitrogens with two attached hydrogens (primary N) is 1. The molecule has 1 aliphatic rings. The molecular formula is C17H35N3O6. The van der Waals surface area contributed by atoms with Gasteiger partial charge in [-0.25, -0.2) is 4.79 Å². The maximum absolute atomic E-state index is 11.6. The summed E-state index contributed by atoms with van der Waals surface area (Å²) < 4.78 is 16.4. The highest BCUT2D eigenvalue weighted by molar-refractivity contribution is 5.67. The number of aliphatic hydroxyl groups is 2. The Bertz CT molecular complexity index is 431. The number of ether oxygens (including phenoxy) is 3. The Morgan fingerprint density at radius 3 is 2.62 bits per heavy atom. The minimum atomic E-state index is -0.870. The number of carbonyl (C=O) groups is 1. The predicted octanol–water partition coefficient (Wildman–Crippen LogP) is -0.453. The predicted molar refractivity (Wildman–Crippen MR) is 96.5 cm³/mol. The molecule has 0 aromatic carbocycles. The highest BCUT2D eigenvalue weighted by Crippen LogP contribution is 2.22. The van der Waals surface area contributed by atoms with Crippen molar-refractivity contribution < 1.29 is 29.2 Å². The maximum Gasteiger partial charge on any atom is 0.407 e. The van der Waals surface area contributed by atoms with Gasteiger partial charge in [0.15, 0.2) is 6.29 Å². The fourth-order valence-corrected chi connectivity index (χ4v) is 2.82. The van der Waals surface area contributed by atoms with E-state index in [-0.39, 0.29) is 25.1 Å². The van der Waals surface area contributed by atoms with Gasteiger partial charge in [0.25, 0.3) is 0 Å². The third-order valence-corrected chi connectivity index (χ3v) is 4.23. The Hall–Kier alpha value is -0.970. The molecule has 1 aliphatic heterocycles. The summed E-state index contributed by atoms with van der Waals surface area (Å²) in [6.07, 6.45) is -2.61. The van der Waals surface area contributed by atoms with Gasteiger partial charge in [-0.15, -0.1) is 0 Å². The molecule has 26 heavy (non-hydrogen) atoms. The largest absolute Gasteiger partial charge is 0.444 e. The van der Waals surface area contributed by atoms with Crippen LogP contribution >= 0.6 is 0 Å². The van der Waals surface area contributed by atoms with Crippen LogP contribution in [0, 0.1) is 5.92 Å². The minimum Gasteiger partial charge on any atom is -0.444 e. The smallest absolute Gasteiger partial charge is 0.407 e. The molecule has 0 saturated carbocycles. The lowest BCUT2D eigenvalue weighted by atomic mass is 9.94. The van der Waals surface area contributed by atoms with E-state index in [1.54, 1.807) is 27.8 Å². The van der Waals surface area contributed by atoms with Crippen LogP contribution in [-0.4, -0.2) is 79.3 Å². The highest BCUT2D eigenvalue weighted by Gasteiger charge is 2.39. The number of nitrogens with one attached hydrogen (secondary N) is 2. The second-order valence-electron chi connectivity index (χ2n) is 7.72. The molecule has 0 bridgehead atoms. The third-order valence-electron chi connectivity index (χ3n) is 4.23.